The van der Waals surface area contributed by atoms with Crippen molar-refractivity contribution >= 4 is 49.3 Å². The third-order valence-electron chi connectivity index (χ3n) is 11.6. The van der Waals surface area contributed by atoms with Crippen molar-refractivity contribution in [3.63, 3.8) is 0 Å². The number of hydrogen-bond donors (Lipinski definition) is 0. The van der Waals surface area contributed by atoms with Crippen LogP contribution in [0.15, 0.2) is 146 Å². The number of allylic oxidation sites excluding steroid dienone is 2. The van der Waals surface area contributed by atoms with Crippen molar-refractivity contribution in [2.24, 2.45) is 0 Å². The van der Waals surface area contributed by atoms with Crippen LogP contribution < -0.4 is 4.90 Å². The summed E-state index contributed by atoms with van der Waals surface area (Å²) in [7, 11) is 0. The summed E-state index contributed by atoms with van der Waals surface area (Å²) in [4.78, 5) is 2.55. The number of nitrogens with zero attached hydrogens (tertiary/aromatic N) is 3. The number of hydrogen-bond acceptors (Lipinski definition) is 1. The van der Waals surface area contributed by atoms with Crippen LogP contribution >= 0.6 is 0 Å². The van der Waals surface area contributed by atoms with Crippen LogP contribution in [-0.2, 0) is 13.1 Å². The molecule has 51 heavy (non-hydrogen) atoms. The first-order valence-electron chi connectivity index (χ1n) is 18.6. The Balaban J connectivity index is 1.19. The van der Waals surface area contributed by atoms with Gasteiger partial charge in [0, 0.05) is 74.9 Å². The molecule has 1 aliphatic carbocycles. The Bertz CT molecular complexity index is 2590. The molecule has 6 aromatic carbocycles. The largest absolute Gasteiger partial charge is 0.364 e. The van der Waals surface area contributed by atoms with Gasteiger partial charge in [0.25, 0.3) is 0 Å². The van der Waals surface area contributed by atoms with Gasteiger partial charge in [-0.15, -0.1) is 0 Å². The van der Waals surface area contributed by atoms with Crippen LogP contribution in [0.4, 0.5) is 5.69 Å². The number of benzene rings is 6. The summed E-state index contributed by atoms with van der Waals surface area (Å²) in [5, 5.41) is 5.25. The van der Waals surface area contributed by atoms with Crippen LogP contribution in [0, 0.1) is 0 Å². The molecule has 10 rings (SSSR count). The van der Waals surface area contributed by atoms with E-state index in [-0.39, 0.29) is 0 Å². The minimum atomic E-state index is 0.379. The lowest BCUT2D eigenvalue weighted by molar-refractivity contribution is 0.688. The number of para-hydroxylation sites is 2. The quantitative estimate of drug-likeness (QED) is 0.173. The van der Waals surface area contributed by atoms with E-state index in [4.69, 9.17) is 0 Å². The summed E-state index contributed by atoms with van der Waals surface area (Å²) >= 11 is 0. The van der Waals surface area contributed by atoms with Gasteiger partial charge in [-0.05, 0) is 126 Å². The van der Waals surface area contributed by atoms with Gasteiger partial charge in [0.15, 0.2) is 0 Å². The number of fused-ring (bicyclic) bond motifs is 9. The zero-order valence-corrected chi connectivity index (χ0v) is 29.5. The van der Waals surface area contributed by atoms with Crippen LogP contribution in [0.1, 0.15) is 32.3 Å². The monoisotopic (exact) mass is 659 g/mol. The first-order valence-corrected chi connectivity index (χ1v) is 18.6. The summed E-state index contributed by atoms with van der Waals surface area (Å²) in [6, 6.07) is 46.5. The van der Waals surface area contributed by atoms with E-state index >= 15 is 0 Å². The minimum Gasteiger partial charge on any atom is -0.364 e. The van der Waals surface area contributed by atoms with Gasteiger partial charge in [-0.2, -0.15) is 0 Å². The van der Waals surface area contributed by atoms with Gasteiger partial charge in [-0.1, -0.05) is 78.9 Å². The molecule has 3 heteroatoms. The number of rotatable bonds is 6. The summed E-state index contributed by atoms with van der Waals surface area (Å²) < 4.78 is 4.87. The molecule has 248 valence electrons. The molecule has 0 saturated heterocycles. The Morgan fingerprint density at radius 3 is 1.47 bits per heavy atom. The second-order valence-electron chi connectivity index (χ2n) is 14.1. The van der Waals surface area contributed by atoms with Crippen molar-refractivity contribution in [3.05, 3.63) is 151 Å². The second kappa shape index (κ2) is 11.6. The molecule has 8 aromatic rings. The van der Waals surface area contributed by atoms with Crippen LogP contribution in [0.5, 0.6) is 0 Å². The van der Waals surface area contributed by atoms with E-state index < -0.39 is 0 Å². The van der Waals surface area contributed by atoms with E-state index in [1.165, 1.54) is 88.2 Å². The maximum atomic E-state index is 2.55. The maximum Gasteiger partial charge on any atom is 0.0580 e. The van der Waals surface area contributed by atoms with Gasteiger partial charge in [-0.25, -0.2) is 0 Å². The lowest BCUT2D eigenvalue weighted by atomic mass is 9.88. The van der Waals surface area contributed by atoms with Crippen LogP contribution in [0.3, 0.4) is 0 Å². The molecule has 0 spiro atoms. The zero-order valence-electron chi connectivity index (χ0n) is 29.5. The lowest BCUT2D eigenvalue weighted by Crippen LogP contribution is -2.32. The van der Waals surface area contributed by atoms with E-state index in [9.17, 15) is 0 Å². The van der Waals surface area contributed by atoms with E-state index in [1.54, 1.807) is 0 Å². The first kappa shape index (κ1) is 30.1. The molecule has 3 nitrogen and oxygen atoms in total. The normalized spacial score (nSPS) is 16.6. The highest BCUT2D eigenvalue weighted by Gasteiger charge is 2.35. The predicted octanol–water partition coefficient (Wildman–Crippen LogP) is 12.4. The van der Waals surface area contributed by atoms with Crippen molar-refractivity contribution < 1.29 is 0 Å². The fourth-order valence-corrected chi connectivity index (χ4v) is 9.26. The van der Waals surface area contributed by atoms with Gasteiger partial charge in [0.1, 0.15) is 0 Å². The van der Waals surface area contributed by atoms with Gasteiger partial charge >= 0.3 is 0 Å². The fraction of sp³-hybridized carbons (Fsp3) is 0.167. The van der Waals surface area contributed by atoms with Crippen LogP contribution in [0.25, 0.3) is 77.0 Å². The number of anilines is 1. The highest BCUT2D eigenvalue weighted by atomic mass is 15.2. The molecule has 1 aliphatic heterocycles. The molecule has 0 saturated carbocycles. The van der Waals surface area contributed by atoms with Gasteiger partial charge in [0.2, 0.25) is 0 Å². The second-order valence-corrected chi connectivity index (χ2v) is 14.1. The maximum absolute atomic E-state index is 2.55. The smallest absolute Gasteiger partial charge is 0.0580 e. The molecule has 2 atom stereocenters. The Morgan fingerprint density at radius 2 is 0.922 bits per heavy atom. The zero-order chi connectivity index (χ0) is 34.2. The van der Waals surface area contributed by atoms with Gasteiger partial charge in [0.05, 0.1) is 6.04 Å². The molecule has 0 amide bonds. The van der Waals surface area contributed by atoms with E-state index in [2.05, 4.69) is 180 Å². The molecular formula is C48H41N3. The number of aryl methyl sites for hydroxylation is 2. The molecule has 2 aromatic heterocycles. The molecule has 3 heterocycles. The van der Waals surface area contributed by atoms with Gasteiger partial charge in [-0.3, -0.25) is 0 Å². The summed E-state index contributed by atoms with van der Waals surface area (Å²) in [6.07, 6.45) is 9.17. The van der Waals surface area contributed by atoms with Crippen LogP contribution in [0.2, 0.25) is 0 Å². The summed E-state index contributed by atoms with van der Waals surface area (Å²) in [5.41, 5.74) is 15.4. The molecule has 2 unspecified atom stereocenters. The number of aromatic nitrogens is 2. The third-order valence-corrected chi connectivity index (χ3v) is 11.6. The Labute approximate surface area is 299 Å². The minimum absolute atomic E-state index is 0.379. The fourth-order valence-electron chi connectivity index (χ4n) is 9.26. The first-order chi connectivity index (χ1) is 25.1. The van der Waals surface area contributed by atoms with Gasteiger partial charge < -0.3 is 14.0 Å². The molecular weight excluding hydrogens is 619 g/mol. The molecule has 0 fully saturated rings. The highest BCUT2D eigenvalue weighted by molar-refractivity contribution is 6.10. The Morgan fingerprint density at radius 1 is 0.431 bits per heavy atom. The van der Waals surface area contributed by atoms with E-state index in [1.807, 2.05) is 0 Å². The van der Waals surface area contributed by atoms with Crippen molar-refractivity contribution in [2.75, 3.05) is 11.4 Å². The van der Waals surface area contributed by atoms with Crippen molar-refractivity contribution in [1.82, 2.24) is 9.13 Å². The topological polar surface area (TPSA) is 13.1 Å². The third kappa shape index (κ3) is 4.50. The highest BCUT2D eigenvalue weighted by Crippen LogP contribution is 2.46. The summed E-state index contributed by atoms with van der Waals surface area (Å²) in [6.45, 7) is 9.64. The van der Waals surface area contributed by atoms with Crippen molar-refractivity contribution in [2.45, 2.75) is 45.8 Å². The average Bonchev–Trinajstić information content (AvgIpc) is 3.81. The predicted molar refractivity (Wildman–Crippen MR) is 218 cm³/mol. The number of likely N-dealkylation sites (N-methyl/N-ethyl adjacent to an activating group) is 1. The van der Waals surface area contributed by atoms with Crippen molar-refractivity contribution in [1.29, 1.82) is 0 Å². The lowest BCUT2D eigenvalue weighted by Gasteiger charge is -2.27. The molecule has 0 N–H and O–H groups in total. The van der Waals surface area contributed by atoms with Crippen molar-refractivity contribution in [3.8, 4) is 33.4 Å². The van der Waals surface area contributed by atoms with Crippen LogP contribution in [-0.4, -0.2) is 21.7 Å². The average molecular weight is 660 g/mol. The van der Waals surface area contributed by atoms with E-state index in [0.29, 0.717) is 12.0 Å². The Hall–Kier alpha value is -5.80. The Kier molecular flexibility index (Phi) is 6.86. The SMILES string of the molecule is CCN1c2ccc(-c3cc(-c4ccc5c(c4)c4ccccc4n5CC)cc(-c4ccc5c(c4)c4ccccc4n5CC)c3)cc2C2C=CC=CC21. The van der Waals surface area contributed by atoms with E-state index in [0.717, 1.165) is 19.6 Å². The molecule has 0 bridgehead atoms. The molecule has 0 radical (unpaired) electrons. The summed E-state index contributed by atoms with van der Waals surface area (Å²) in [5.74, 6) is 0.379. The molecule has 2 aliphatic rings. The standard InChI is InChI=1S/C48H41N3/c1-4-49-43-16-10-7-13-37(43)40-28-31(19-22-46(40)49)34-25-35(32-20-23-47-41(29-32)38-14-8-11-17-44(38)50(47)5-2)27-36(26-34)33-21-24-48-42(30-33)39-15-9-12-18-45(39)51(48)6-3/h7-30,37,43H,4-6H2,1-3H3.